The van der Waals surface area contributed by atoms with Crippen molar-refractivity contribution in [3.8, 4) is 11.5 Å². The SMILES string of the molecule is CCn1nc(C)c(CCNS(=O)(=O)c2cc(OC)ccc2OC)c1C. The molecule has 1 heterocycles. The van der Waals surface area contributed by atoms with E-state index in [0.29, 0.717) is 12.2 Å². The first-order valence-electron chi connectivity index (χ1n) is 8.08. The van der Waals surface area contributed by atoms with Crippen LogP contribution >= 0.6 is 0 Å². The minimum Gasteiger partial charge on any atom is -0.497 e. The minimum absolute atomic E-state index is 0.0621. The third-order valence-corrected chi connectivity index (χ3v) is 5.64. The molecule has 0 aliphatic heterocycles. The van der Waals surface area contributed by atoms with Crippen molar-refractivity contribution in [2.75, 3.05) is 20.8 Å². The molecular formula is C17H25N3O4S. The summed E-state index contributed by atoms with van der Waals surface area (Å²) in [5.74, 6) is 0.733. The van der Waals surface area contributed by atoms with Crippen molar-refractivity contribution < 1.29 is 17.9 Å². The summed E-state index contributed by atoms with van der Waals surface area (Å²) >= 11 is 0. The zero-order valence-corrected chi connectivity index (χ0v) is 16.1. The highest BCUT2D eigenvalue weighted by molar-refractivity contribution is 7.89. The van der Waals surface area contributed by atoms with E-state index in [1.54, 1.807) is 12.1 Å². The quantitative estimate of drug-likeness (QED) is 0.772. The van der Waals surface area contributed by atoms with Crippen LogP contribution < -0.4 is 14.2 Å². The van der Waals surface area contributed by atoms with Gasteiger partial charge in [-0.15, -0.1) is 0 Å². The van der Waals surface area contributed by atoms with Gasteiger partial charge in [-0.25, -0.2) is 13.1 Å². The molecule has 0 bridgehead atoms. The van der Waals surface area contributed by atoms with Gasteiger partial charge in [-0.05, 0) is 44.9 Å². The molecule has 25 heavy (non-hydrogen) atoms. The fraction of sp³-hybridized carbons (Fsp3) is 0.471. The van der Waals surface area contributed by atoms with Gasteiger partial charge in [0.25, 0.3) is 0 Å². The largest absolute Gasteiger partial charge is 0.497 e. The summed E-state index contributed by atoms with van der Waals surface area (Å²) in [6.07, 6.45) is 0.573. The van der Waals surface area contributed by atoms with Crippen molar-refractivity contribution >= 4 is 10.0 Å². The van der Waals surface area contributed by atoms with Gasteiger partial charge in [-0.2, -0.15) is 5.10 Å². The highest BCUT2D eigenvalue weighted by atomic mass is 32.2. The molecule has 0 spiro atoms. The maximum atomic E-state index is 12.6. The molecule has 0 fully saturated rings. The van der Waals surface area contributed by atoms with E-state index in [9.17, 15) is 8.42 Å². The predicted octanol–water partition coefficient (Wildman–Crippen LogP) is 2.06. The number of sulfonamides is 1. The van der Waals surface area contributed by atoms with Crippen molar-refractivity contribution in [2.45, 2.75) is 38.6 Å². The second-order valence-electron chi connectivity index (χ2n) is 5.63. The molecule has 2 rings (SSSR count). The standard InChI is InChI=1S/C17H25N3O4S/c1-6-20-13(3)15(12(2)19-20)9-10-18-25(21,22)17-11-14(23-4)7-8-16(17)24-5/h7-8,11,18H,6,9-10H2,1-5H3. The maximum absolute atomic E-state index is 12.6. The third-order valence-electron chi connectivity index (χ3n) is 4.16. The molecule has 1 aromatic heterocycles. The summed E-state index contributed by atoms with van der Waals surface area (Å²) in [5, 5.41) is 4.45. The van der Waals surface area contributed by atoms with Crippen molar-refractivity contribution in [1.29, 1.82) is 0 Å². The number of rotatable bonds is 8. The van der Waals surface area contributed by atoms with Crippen LogP contribution in [0, 0.1) is 13.8 Å². The Balaban J connectivity index is 2.16. The van der Waals surface area contributed by atoms with Crippen LogP contribution in [0.25, 0.3) is 0 Å². The first-order chi connectivity index (χ1) is 11.8. The molecule has 0 atom stereocenters. The summed E-state index contributed by atoms with van der Waals surface area (Å²) in [5.41, 5.74) is 3.07. The summed E-state index contributed by atoms with van der Waals surface area (Å²) in [7, 11) is -0.787. The van der Waals surface area contributed by atoms with E-state index in [-0.39, 0.29) is 17.2 Å². The molecule has 0 unspecified atom stereocenters. The molecule has 0 amide bonds. The van der Waals surface area contributed by atoms with Crippen molar-refractivity contribution in [3.63, 3.8) is 0 Å². The highest BCUT2D eigenvalue weighted by Gasteiger charge is 2.21. The maximum Gasteiger partial charge on any atom is 0.244 e. The van der Waals surface area contributed by atoms with E-state index in [2.05, 4.69) is 9.82 Å². The van der Waals surface area contributed by atoms with E-state index in [1.807, 2.05) is 25.5 Å². The second-order valence-corrected chi connectivity index (χ2v) is 7.37. The molecule has 138 valence electrons. The number of aromatic nitrogens is 2. The number of benzene rings is 1. The van der Waals surface area contributed by atoms with Crippen molar-refractivity contribution in [2.24, 2.45) is 0 Å². The molecule has 0 radical (unpaired) electrons. The van der Waals surface area contributed by atoms with E-state index >= 15 is 0 Å². The molecule has 0 aliphatic carbocycles. The molecule has 2 aromatic rings. The van der Waals surface area contributed by atoms with Crippen LogP contribution in [0.15, 0.2) is 23.1 Å². The minimum atomic E-state index is -3.71. The molecule has 1 N–H and O–H groups in total. The summed E-state index contributed by atoms with van der Waals surface area (Å²) in [4.78, 5) is 0.0621. The first-order valence-corrected chi connectivity index (χ1v) is 9.57. The van der Waals surface area contributed by atoms with Crippen molar-refractivity contribution in [1.82, 2.24) is 14.5 Å². The molecule has 7 nitrogen and oxygen atoms in total. The second kappa shape index (κ2) is 7.88. The molecule has 0 aliphatic rings. The van der Waals surface area contributed by atoms with Gasteiger partial charge in [-0.3, -0.25) is 4.68 Å². The van der Waals surface area contributed by atoms with Crippen LogP contribution in [0.4, 0.5) is 0 Å². The summed E-state index contributed by atoms with van der Waals surface area (Å²) in [6, 6.07) is 4.68. The Hall–Kier alpha value is -2.06. The number of nitrogens with zero attached hydrogens (tertiary/aromatic N) is 2. The van der Waals surface area contributed by atoms with E-state index in [1.165, 1.54) is 20.3 Å². The van der Waals surface area contributed by atoms with Crippen LogP contribution in [0.2, 0.25) is 0 Å². The van der Waals surface area contributed by atoms with Gasteiger partial charge in [0.1, 0.15) is 16.4 Å². The van der Waals surface area contributed by atoms with Gasteiger partial charge in [0.05, 0.1) is 19.9 Å². The number of hydrogen-bond donors (Lipinski definition) is 1. The number of methoxy groups -OCH3 is 2. The van der Waals surface area contributed by atoms with Crippen LogP contribution in [0.3, 0.4) is 0 Å². The Morgan fingerprint density at radius 1 is 1.20 bits per heavy atom. The van der Waals surface area contributed by atoms with E-state index in [4.69, 9.17) is 9.47 Å². The highest BCUT2D eigenvalue weighted by Crippen LogP contribution is 2.28. The van der Waals surface area contributed by atoms with Gasteiger partial charge >= 0.3 is 0 Å². The molecule has 1 aromatic carbocycles. The molecular weight excluding hydrogens is 342 g/mol. The van der Waals surface area contributed by atoms with Crippen LogP contribution in [-0.2, 0) is 23.0 Å². The van der Waals surface area contributed by atoms with Crippen molar-refractivity contribution in [3.05, 3.63) is 35.2 Å². The van der Waals surface area contributed by atoms with E-state index in [0.717, 1.165) is 23.5 Å². The normalized spacial score (nSPS) is 11.6. The Labute approximate surface area is 149 Å². The number of nitrogens with one attached hydrogen (secondary N) is 1. The smallest absolute Gasteiger partial charge is 0.244 e. The average Bonchev–Trinajstić information content (AvgIpc) is 2.88. The van der Waals surface area contributed by atoms with Crippen LogP contribution in [0.5, 0.6) is 11.5 Å². The molecule has 0 saturated carbocycles. The zero-order valence-electron chi connectivity index (χ0n) is 15.3. The predicted molar refractivity (Wildman–Crippen MR) is 95.8 cm³/mol. The molecule has 0 saturated heterocycles. The lowest BCUT2D eigenvalue weighted by Gasteiger charge is -2.12. The Morgan fingerprint density at radius 2 is 1.92 bits per heavy atom. The fourth-order valence-electron chi connectivity index (χ4n) is 2.79. The lowest BCUT2D eigenvalue weighted by Crippen LogP contribution is -2.26. The third kappa shape index (κ3) is 4.13. The number of hydrogen-bond acceptors (Lipinski definition) is 5. The Bertz CT molecular complexity index is 844. The topological polar surface area (TPSA) is 82.5 Å². The Morgan fingerprint density at radius 3 is 2.48 bits per heavy atom. The molecule has 8 heteroatoms. The average molecular weight is 367 g/mol. The van der Waals surface area contributed by atoms with Gasteiger partial charge in [0.15, 0.2) is 0 Å². The monoisotopic (exact) mass is 367 g/mol. The van der Waals surface area contributed by atoms with Gasteiger partial charge < -0.3 is 9.47 Å². The number of ether oxygens (including phenoxy) is 2. The summed E-state index contributed by atoms with van der Waals surface area (Å²) in [6.45, 7) is 7.03. The summed E-state index contributed by atoms with van der Waals surface area (Å²) < 4.78 is 40.1. The van der Waals surface area contributed by atoms with Gasteiger partial charge in [0.2, 0.25) is 10.0 Å². The zero-order chi connectivity index (χ0) is 18.6. The van der Waals surface area contributed by atoms with Gasteiger partial charge in [0, 0.05) is 24.8 Å². The van der Waals surface area contributed by atoms with Crippen LogP contribution in [-0.4, -0.2) is 39.0 Å². The Kier molecular flexibility index (Phi) is 6.07. The number of aryl methyl sites for hydroxylation is 2. The van der Waals surface area contributed by atoms with Gasteiger partial charge in [-0.1, -0.05) is 0 Å². The lowest BCUT2D eigenvalue weighted by molar-refractivity contribution is 0.392. The van der Waals surface area contributed by atoms with E-state index < -0.39 is 10.0 Å². The fourth-order valence-corrected chi connectivity index (χ4v) is 4.00. The lowest BCUT2D eigenvalue weighted by atomic mass is 10.1. The van der Waals surface area contributed by atoms with Crippen LogP contribution in [0.1, 0.15) is 23.9 Å². The first kappa shape index (κ1) is 19.3.